The van der Waals surface area contributed by atoms with Crippen LogP contribution in [0.3, 0.4) is 0 Å². The maximum absolute atomic E-state index is 11.6. The Balaban J connectivity index is 1.65. The zero-order chi connectivity index (χ0) is 9.80. The van der Waals surface area contributed by atoms with Crippen LogP contribution in [-0.2, 0) is 14.3 Å². The minimum Gasteiger partial charge on any atom is -0.378 e. The molecule has 0 saturated carbocycles. The van der Waals surface area contributed by atoms with Gasteiger partial charge in [0.15, 0.2) is 0 Å². The normalized spacial score (nSPS) is 23.3. The molecule has 0 aromatic carbocycles. The van der Waals surface area contributed by atoms with Gasteiger partial charge in [-0.05, 0) is 0 Å². The number of amides is 1. The number of morpholine rings is 1. The Kier molecular flexibility index (Phi) is 3.34. The van der Waals surface area contributed by atoms with E-state index >= 15 is 0 Å². The van der Waals surface area contributed by atoms with E-state index in [1.165, 1.54) is 0 Å². The van der Waals surface area contributed by atoms with Gasteiger partial charge in [0, 0.05) is 26.2 Å². The highest BCUT2D eigenvalue weighted by atomic mass is 16.5. The van der Waals surface area contributed by atoms with Gasteiger partial charge in [-0.2, -0.15) is 0 Å². The minimum absolute atomic E-state index is 0.0835. The molecule has 2 rings (SSSR count). The Morgan fingerprint density at radius 2 is 2.14 bits per heavy atom. The molecule has 0 atom stereocenters. The number of hydrogen-bond acceptors (Lipinski definition) is 4. The molecule has 0 aromatic rings. The van der Waals surface area contributed by atoms with Crippen molar-refractivity contribution in [2.75, 3.05) is 46.0 Å². The van der Waals surface area contributed by atoms with Crippen LogP contribution in [0.15, 0.2) is 0 Å². The largest absolute Gasteiger partial charge is 0.378 e. The number of nitrogens with zero attached hydrogens (tertiary/aromatic N) is 1. The molecule has 14 heavy (non-hydrogen) atoms. The minimum atomic E-state index is 0.0835. The summed E-state index contributed by atoms with van der Waals surface area (Å²) in [5.74, 6) is 0.0835. The molecule has 0 aliphatic carbocycles. The van der Waals surface area contributed by atoms with Crippen molar-refractivity contribution in [2.24, 2.45) is 0 Å². The molecule has 0 aromatic heterocycles. The molecule has 0 spiro atoms. The Bertz CT molecular complexity index is 200. The van der Waals surface area contributed by atoms with E-state index in [2.05, 4.69) is 5.32 Å². The van der Waals surface area contributed by atoms with Crippen molar-refractivity contribution in [2.45, 2.75) is 6.10 Å². The van der Waals surface area contributed by atoms with Gasteiger partial charge in [-0.25, -0.2) is 0 Å². The number of ether oxygens (including phenoxy) is 2. The van der Waals surface area contributed by atoms with Gasteiger partial charge in [0.25, 0.3) is 0 Å². The SMILES string of the molecule is O=C(COC1CNC1)N1CCOCC1. The number of nitrogens with one attached hydrogen (secondary N) is 1. The third-order valence-electron chi connectivity index (χ3n) is 2.55. The summed E-state index contributed by atoms with van der Waals surface area (Å²) in [6, 6.07) is 0. The molecular weight excluding hydrogens is 184 g/mol. The summed E-state index contributed by atoms with van der Waals surface area (Å²) >= 11 is 0. The van der Waals surface area contributed by atoms with E-state index in [-0.39, 0.29) is 18.6 Å². The van der Waals surface area contributed by atoms with E-state index in [4.69, 9.17) is 9.47 Å². The number of carbonyl (C=O) groups is 1. The molecule has 2 fully saturated rings. The predicted molar refractivity (Wildman–Crippen MR) is 50.0 cm³/mol. The first-order valence-electron chi connectivity index (χ1n) is 5.04. The van der Waals surface area contributed by atoms with Crippen molar-refractivity contribution in [1.82, 2.24) is 10.2 Å². The molecule has 0 unspecified atom stereocenters. The Labute approximate surface area is 83.3 Å². The summed E-state index contributed by atoms with van der Waals surface area (Å²) in [6.45, 7) is 4.66. The zero-order valence-corrected chi connectivity index (χ0v) is 8.20. The van der Waals surface area contributed by atoms with E-state index in [1.54, 1.807) is 4.90 Å². The van der Waals surface area contributed by atoms with Crippen LogP contribution in [-0.4, -0.2) is 62.9 Å². The Hall–Kier alpha value is -0.650. The first kappa shape index (κ1) is 9.89. The summed E-state index contributed by atoms with van der Waals surface area (Å²) in [4.78, 5) is 13.4. The fraction of sp³-hybridized carbons (Fsp3) is 0.889. The van der Waals surface area contributed by atoms with Gasteiger partial charge < -0.3 is 19.7 Å². The van der Waals surface area contributed by atoms with Crippen molar-refractivity contribution in [3.63, 3.8) is 0 Å². The van der Waals surface area contributed by atoms with Crippen LogP contribution in [0.5, 0.6) is 0 Å². The van der Waals surface area contributed by atoms with Crippen LogP contribution in [0.4, 0.5) is 0 Å². The summed E-state index contributed by atoms with van der Waals surface area (Å²) in [5.41, 5.74) is 0. The lowest BCUT2D eigenvalue weighted by atomic mass is 10.2. The third kappa shape index (κ3) is 2.43. The predicted octanol–water partition coefficient (Wildman–Crippen LogP) is -1.17. The average molecular weight is 200 g/mol. The monoisotopic (exact) mass is 200 g/mol. The van der Waals surface area contributed by atoms with E-state index < -0.39 is 0 Å². The van der Waals surface area contributed by atoms with Crippen LogP contribution in [0.1, 0.15) is 0 Å². The highest BCUT2D eigenvalue weighted by Gasteiger charge is 2.21. The fourth-order valence-corrected chi connectivity index (χ4v) is 1.47. The van der Waals surface area contributed by atoms with Gasteiger partial charge in [-0.1, -0.05) is 0 Å². The second-order valence-corrected chi connectivity index (χ2v) is 3.58. The van der Waals surface area contributed by atoms with Gasteiger partial charge in [-0.3, -0.25) is 4.79 Å². The Morgan fingerprint density at radius 3 is 2.71 bits per heavy atom. The van der Waals surface area contributed by atoms with Gasteiger partial charge in [-0.15, -0.1) is 0 Å². The van der Waals surface area contributed by atoms with Crippen molar-refractivity contribution in [3.8, 4) is 0 Å². The molecule has 2 aliphatic rings. The number of rotatable bonds is 3. The molecule has 0 radical (unpaired) electrons. The van der Waals surface area contributed by atoms with E-state index in [0.717, 1.165) is 13.1 Å². The quantitative estimate of drug-likeness (QED) is 0.624. The topological polar surface area (TPSA) is 50.8 Å². The maximum atomic E-state index is 11.6. The van der Waals surface area contributed by atoms with Crippen LogP contribution in [0, 0.1) is 0 Å². The van der Waals surface area contributed by atoms with Crippen LogP contribution >= 0.6 is 0 Å². The molecule has 0 bridgehead atoms. The van der Waals surface area contributed by atoms with Crippen molar-refractivity contribution < 1.29 is 14.3 Å². The fourth-order valence-electron chi connectivity index (χ4n) is 1.47. The number of carbonyl (C=O) groups excluding carboxylic acids is 1. The highest BCUT2D eigenvalue weighted by Crippen LogP contribution is 2.01. The first-order valence-corrected chi connectivity index (χ1v) is 5.04. The zero-order valence-electron chi connectivity index (χ0n) is 8.20. The lowest BCUT2D eigenvalue weighted by molar-refractivity contribution is -0.143. The van der Waals surface area contributed by atoms with Crippen LogP contribution < -0.4 is 5.32 Å². The van der Waals surface area contributed by atoms with E-state index in [9.17, 15) is 4.79 Å². The molecule has 2 heterocycles. The molecule has 1 amide bonds. The van der Waals surface area contributed by atoms with Crippen LogP contribution in [0.2, 0.25) is 0 Å². The van der Waals surface area contributed by atoms with Gasteiger partial charge in [0.05, 0.1) is 19.3 Å². The average Bonchev–Trinajstić information content (AvgIpc) is 2.16. The number of hydrogen-bond donors (Lipinski definition) is 1. The van der Waals surface area contributed by atoms with E-state index in [1.807, 2.05) is 0 Å². The Morgan fingerprint density at radius 1 is 1.43 bits per heavy atom. The second kappa shape index (κ2) is 4.72. The van der Waals surface area contributed by atoms with Gasteiger partial charge in [0.2, 0.25) is 5.91 Å². The molecular formula is C9H16N2O3. The summed E-state index contributed by atoms with van der Waals surface area (Å²) in [5, 5.41) is 3.09. The second-order valence-electron chi connectivity index (χ2n) is 3.58. The van der Waals surface area contributed by atoms with Gasteiger partial charge in [0.1, 0.15) is 6.61 Å². The third-order valence-corrected chi connectivity index (χ3v) is 2.55. The van der Waals surface area contributed by atoms with Gasteiger partial charge >= 0.3 is 0 Å². The highest BCUT2D eigenvalue weighted by molar-refractivity contribution is 5.77. The van der Waals surface area contributed by atoms with E-state index in [0.29, 0.717) is 26.3 Å². The van der Waals surface area contributed by atoms with Crippen LogP contribution in [0.25, 0.3) is 0 Å². The molecule has 80 valence electrons. The summed E-state index contributed by atoms with van der Waals surface area (Å²) in [7, 11) is 0. The van der Waals surface area contributed by atoms with Crippen molar-refractivity contribution in [3.05, 3.63) is 0 Å². The molecule has 5 nitrogen and oxygen atoms in total. The lowest BCUT2D eigenvalue weighted by Gasteiger charge is -2.30. The molecule has 2 aliphatic heterocycles. The lowest BCUT2D eigenvalue weighted by Crippen LogP contribution is -2.50. The van der Waals surface area contributed by atoms with Crippen molar-refractivity contribution >= 4 is 5.91 Å². The molecule has 2 saturated heterocycles. The summed E-state index contributed by atoms with van der Waals surface area (Å²) in [6.07, 6.45) is 0.236. The first-order chi connectivity index (χ1) is 6.86. The maximum Gasteiger partial charge on any atom is 0.248 e. The summed E-state index contributed by atoms with van der Waals surface area (Å²) < 4.78 is 10.6. The standard InChI is InChI=1S/C9H16N2O3/c12-9(7-14-8-5-10-6-8)11-1-3-13-4-2-11/h8,10H,1-7H2. The molecule has 5 heteroatoms. The molecule has 1 N–H and O–H groups in total. The van der Waals surface area contributed by atoms with Crippen molar-refractivity contribution in [1.29, 1.82) is 0 Å². The smallest absolute Gasteiger partial charge is 0.248 e.